The minimum absolute atomic E-state index is 0.113. The van der Waals surface area contributed by atoms with Crippen LogP contribution < -0.4 is 19.1 Å². The molecule has 0 spiro atoms. The molecule has 1 aliphatic rings. The average Bonchev–Trinajstić information content (AvgIpc) is 2.68. The van der Waals surface area contributed by atoms with Gasteiger partial charge in [0.05, 0.1) is 33.1 Å². The zero-order valence-corrected chi connectivity index (χ0v) is 14.1. The van der Waals surface area contributed by atoms with Crippen LogP contribution in [0.4, 0.5) is 5.95 Å². The number of rotatable bonds is 7. The molecular formula is C17H21N3O5. The van der Waals surface area contributed by atoms with Gasteiger partial charge in [0, 0.05) is 13.1 Å². The van der Waals surface area contributed by atoms with Crippen molar-refractivity contribution in [2.75, 3.05) is 51.5 Å². The SMILES string of the molecule is COc1ccccc1Oc1cnc(N2CCOCC2)nc1OCCO. The normalized spacial score (nSPS) is 14.2. The Hall–Kier alpha value is -2.58. The molecule has 0 amide bonds. The number of morpholine rings is 1. The molecule has 0 bridgehead atoms. The average molecular weight is 347 g/mol. The van der Waals surface area contributed by atoms with Crippen molar-refractivity contribution >= 4 is 5.95 Å². The van der Waals surface area contributed by atoms with Crippen LogP contribution in [0.3, 0.4) is 0 Å². The first-order valence-electron chi connectivity index (χ1n) is 8.06. The quantitative estimate of drug-likeness (QED) is 0.806. The monoisotopic (exact) mass is 347 g/mol. The highest BCUT2D eigenvalue weighted by Gasteiger charge is 2.18. The summed E-state index contributed by atoms with van der Waals surface area (Å²) in [4.78, 5) is 10.8. The molecule has 2 heterocycles. The molecule has 8 heteroatoms. The molecule has 2 aromatic rings. The third-order valence-corrected chi connectivity index (χ3v) is 3.62. The molecule has 1 N–H and O–H groups in total. The summed E-state index contributed by atoms with van der Waals surface area (Å²) in [6, 6.07) is 7.28. The van der Waals surface area contributed by atoms with Crippen LogP contribution in [0.25, 0.3) is 0 Å². The molecular weight excluding hydrogens is 326 g/mol. The number of ether oxygens (including phenoxy) is 4. The molecule has 0 radical (unpaired) electrons. The number of hydrogen-bond acceptors (Lipinski definition) is 8. The summed E-state index contributed by atoms with van der Waals surface area (Å²) in [5.41, 5.74) is 0. The van der Waals surface area contributed by atoms with Crippen molar-refractivity contribution in [3.8, 4) is 23.1 Å². The smallest absolute Gasteiger partial charge is 0.262 e. The highest BCUT2D eigenvalue weighted by molar-refractivity contribution is 5.46. The van der Waals surface area contributed by atoms with Gasteiger partial charge in [-0.25, -0.2) is 4.98 Å². The Morgan fingerprint density at radius 3 is 2.64 bits per heavy atom. The van der Waals surface area contributed by atoms with Gasteiger partial charge in [-0.3, -0.25) is 0 Å². The van der Waals surface area contributed by atoms with Crippen LogP contribution in [0.2, 0.25) is 0 Å². The Labute approximate surface area is 145 Å². The van der Waals surface area contributed by atoms with E-state index in [1.807, 2.05) is 17.0 Å². The lowest BCUT2D eigenvalue weighted by Crippen LogP contribution is -2.37. The van der Waals surface area contributed by atoms with E-state index in [0.29, 0.717) is 49.5 Å². The van der Waals surface area contributed by atoms with Crippen LogP contribution in [0.1, 0.15) is 0 Å². The molecule has 0 atom stereocenters. The van der Waals surface area contributed by atoms with Crippen molar-refractivity contribution in [2.24, 2.45) is 0 Å². The minimum atomic E-state index is -0.120. The Morgan fingerprint density at radius 1 is 1.16 bits per heavy atom. The number of benzene rings is 1. The van der Waals surface area contributed by atoms with Crippen LogP contribution in [0.15, 0.2) is 30.5 Å². The number of anilines is 1. The molecule has 3 rings (SSSR count). The number of aliphatic hydroxyl groups excluding tert-OH is 1. The highest BCUT2D eigenvalue weighted by Crippen LogP contribution is 2.35. The second-order valence-electron chi connectivity index (χ2n) is 5.26. The van der Waals surface area contributed by atoms with E-state index in [1.54, 1.807) is 25.4 Å². The summed E-state index contributed by atoms with van der Waals surface area (Å²) in [6.07, 6.45) is 1.57. The molecule has 1 aromatic heterocycles. The van der Waals surface area contributed by atoms with Gasteiger partial charge in [-0.15, -0.1) is 0 Å². The molecule has 0 saturated carbocycles. The molecule has 1 aromatic carbocycles. The predicted molar refractivity (Wildman–Crippen MR) is 90.7 cm³/mol. The first-order chi connectivity index (χ1) is 12.3. The second-order valence-corrected chi connectivity index (χ2v) is 5.26. The van der Waals surface area contributed by atoms with Crippen LogP contribution in [0, 0.1) is 0 Å². The van der Waals surface area contributed by atoms with Crippen molar-refractivity contribution in [2.45, 2.75) is 0 Å². The van der Waals surface area contributed by atoms with E-state index in [4.69, 9.17) is 24.1 Å². The van der Waals surface area contributed by atoms with Crippen LogP contribution in [0.5, 0.6) is 23.1 Å². The topological polar surface area (TPSA) is 86.2 Å². The van der Waals surface area contributed by atoms with Gasteiger partial charge in [0.15, 0.2) is 11.5 Å². The maximum absolute atomic E-state index is 9.05. The first kappa shape index (κ1) is 17.2. The molecule has 0 unspecified atom stereocenters. The number of aliphatic hydroxyl groups is 1. The number of nitrogens with zero attached hydrogens (tertiary/aromatic N) is 3. The zero-order chi connectivity index (χ0) is 17.5. The molecule has 1 saturated heterocycles. The van der Waals surface area contributed by atoms with Gasteiger partial charge < -0.3 is 29.0 Å². The Bertz CT molecular complexity index is 692. The molecule has 25 heavy (non-hydrogen) atoms. The van der Waals surface area contributed by atoms with Gasteiger partial charge in [0.25, 0.3) is 5.88 Å². The lowest BCUT2D eigenvalue weighted by molar-refractivity contribution is 0.122. The first-order valence-corrected chi connectivity index (χ1v) is 8.06. The Kier molecular flexibility index (Phi) is 5.86. The summed E-state index contributed by atoms with van der Waals surface area (Å²) in [6.45, 7) is 2.69. The van der Waals surface area contributed by atoms with Gasteiger partial charge >= 0.3 is 0 Å². The molecule has 8 nitrogen and oxygen atoms in total. The molecule has 134 valence electrons. The fraction of sp³-hybridized carbons (Fsp3) is 0.412. The van der Waals surface area contributed by atoms with E-state index in [0.717, 1.165) is 0 Å². The van der Waals surface area contributed by atoms with Crippen molar-refractivity contribution < 1.29 is 24.1 Å². The van der Waals surface area contributed by atoms with Crippen molar-refractivity contribution in [1.29, 1.82) is 0 Å². The minimum Gasteiger partial charge on any atom is -0.493 e. The van der Waals surface area contributed by atoms with Crippen LogP contribution >= 0.6 is 0 Å². The Balaban J connectivity index is 1.86. The van der Waals surface area contributed by atoms with Crippen molar-refractivity contribution in [3.05, 3.63) is 30.5 Å². The number of aromatic nitrogens is 2. The number of methoxy groups -OCH3 is 1. The third-order valence-electron chi connectivity index (χ3n) is 3.62. The maximum atomic E-state index is 9.05. The van der Waals surface area contributed by atoms with Gasteiger partial charge in [0.2, 0.25) is 11.7 Å². The standard InChI is InChI=1S/C17H21N3O5/c1-22-13-4-2-3-5-14(13)25-15-12-18-17(19-16(15)24-11-8-21)20-6-9-23-10-7-20/h2-5,12,21H,6-11H2,1H3. The van der Waals surface area contributed by atoms with Gasteiger partial charge in [-0.05, 0) is 12.1 Å². The summed E-state index contributed by atoms with van der Waals surface area (Å²) in [7, 11) is 1.57. The predicted octanol–water partition coefficient (Wildman–Crippen LogP) is 1.49. The number of para-hydroxylation sites is 2. The fourth-order valence-corrected chi connectivity index (χ4v) is 2.40. The summed E-state index contributed by atoms with van der Waals surface area (Å²) < 4.78 is 22.0. The zero-order valence-electron chi connectivity index (χ0n) is 14.1. The van der Waals surface area contributed by atoms with Crippen LogP contribution in [-0.2, 0) is 4.74 Å². The molecule has 0 aliphatic carbocycles. The van der Waals surface area contributed by atoms with Crippen molar-refractivity contribution in [3.63, 3.8) is 0 Å². The summed E-state index contributed by atoms with van der Waals surface area (Å²) in [5, 5.41) is 9.05. The number of hydrogen-bond donors (Lipinski definition) is 1. The van der Waals surface area contributed by atoms with E-state index in [9.17, 15) is 0 Å². The third kappa shape index (κ3) is 4.28. The molecule has 1 fully saturated rings. The van der Waals surface area contributed by atoms with E-state index in [1.165, 1.54) is 0 Å². The van der Waals surface area contributed by atoms with Gasteiger partial charge in [-0.2, -0.15) is 4.98 Å². The Morgan fingerprint density at radius 2 is 1.92 bits per heavy atom. The van der Waals surface area contributed by atoms with Gasteiger partial charge in [0.1, 0.15) is 6.61 Å². The largest absolute Gasteiger partial charge is 0.493 e. The van der Waals surface area contributed by atoms with E-state index < -0.39 is 0 Å². The summed E-state index contributed by atoms with van der Waals surface area (Å²) >= 11 is 0. The lowest BCUT2D eigenvalue weighted by Gasteiger charge is -2.27. The van der Waals surface area contributed by atoms with Crippen molar-refractivity contribution in [1.82, 2.24) is 9.97 Å². The highest BCUT2D eigenvalue weighted by atomic mass is 16.5. The fourth-order valence-electron chi connectivity index (χ4n) is 2.40. The molecule has 1 aliphatic heterocycles. The van der Waals surface area contributed by atoms with E-state index in [-0.39, 0.29) is 19.1 Å². The second kappa shape index (κ2) is 8.50. The van der Waals surface area contributed by atoms with Crippen LogP contribution in [-0.4, -0.2) is 61.7 Å². The van der Waals surface area contributed by atoms with E-state index >= 15 is 0 Å². The lowest BCUT2D eigenvalue weighted by atomic mass is 10.3. The maximum Gasteiger partial charge on any atom is 0.262 e. The summed E-state index contributed by atoms with van der Waals surface area (Å²) in [5.74, 6) is 2.30. The van der Waals surface area contributed by atoms with E-state index in [2.05, 4.69) is 9.97 Å². The van der Waals surface area contributed by atoms with Gasteiger partial charge in [-0.1, -0.05) is 12.1 Å².